The molecular formula is C23H20N4O3. The van der Waals surface area contributed by atoms with Crippen LogP contribution in [0, 0.1) is 0 Å². The highest BCUT2D eigenvalue weighted by molar-refractivity contribution is 6.00. The summed E-state index contributed by atoms with van der Waals surface area (Å²) in [5.74, 6) is -1.56. The molecule has 0 spiro atoms. The van der Waals surface area contributed by atoms with Gasteiger partial charge in [0.15, 0.2) is 0 Å². The number of hydrogen-bond acceptors (Lipinski definition) is 4. The molecule has 0 bridgehead atoms. The van der Waals surface area contributed by atoms with E-state index in [9.17, 15) is 14.7 Å². The number of primary amides is 1. The number of carboxylic acids is 1. The maximum Gasteiger partial charge on any atom is 0.307 e. The molecule has 7 nitrogen and oxygen atoms in total. The van der Waals surface area contributed by atoms with Crippen LogP contribution in [-0.4, -0.2) is 26.5 Å². The van der Waals surface area contributed by atoms with E-state index >= 15 is 0 Å². The number of rotatable bonds is 6. The second-order valence-corrected chi connectivity index (χ2v) is 6.94. The highest BCUT2D eigenvalue weighted by Crippen LogP contribution is 2.31. The third kappa shape index (κ3) is 3.54. The van der Waals surface area contributed by atoms with E-state index < -0.39 is 11.9 Å². The van der Waals surface area contributed by atoms with Gasteiger partial charge in [-0.15, -0.1) is 0 Å². The molecule has 0 unspecified atom stereocenters. The van der Waals surface area contributed by atoms with Crippen LogP contribution in [0.15, 0.2) is 66.9 Å². The Hall–Kier alpha value is -3.97. The van der Waals surface area contributed by atoms with Crippen LogP contribution in [0.5, 0.6) is 0 Å². The summed E-state index contributed by atoms with van der Waals surface area (Å²) in [7, 11) is 0. The number of carboxylic acid groups (broad SMARTS) is 1. The fourth-order valence-electron chi connectivity index (χ4n) is 3.59. The molecule has 1 amide bonds. The van der Waals surface area contributed by atoms with Gasteiger partial charge < -0.3 is 21.1 Å². The van der Waals surface area contributed by atoms with Crippen LogP contribution in [-0.2, 0) is 17.8 Å². The minimum Gasteiger partial charge on any atom is -0.481 e. The molecule has 4 aromatic rings. The van der Waals surface area contributed by atoms with Crippen LogP contribution in [0.25, 0.3) is 27.8 Å². The van der Waals surface area contributed by atoms with Crippen LogP contribution in [0.3, 0.4) is 0 Å². The predicted octanol–water partition coefficient (Wildman–Crippen LogP) is 2.88. The van der Waals surface area contributed by atoms with Gasteiger partial charge in [-0.1, -0.05) is 36.4 Å². The van der Waals surface area contributed by atoms with Crippen molar-refractivity contribution in [2.24, 2.45) is 11.5 Å². The Morgan fingerprint density at radius 1 is 1.03 bits per heavy atom. The van der Waals surface area contributed by atoms with Crippen molar-refractivity contribution < 1.29 is 14.7 Å². The van der Waals surface area contributed by atoms with Crippen molar-refractivity contribution in [1.82, 2.24) is 9.55 Å². The summed E-state index contributed by atoms with van der Waals surface area (Å²) in [6.07, 6.45) is 1.73. The van der Waals surface area contributed by atoms with Crippen LogP contribution < -0.4 is 11.5 Å². The van der Waals surface area contributed by atoms with Gasteiger partial charge in [-0.05, 0) is 35.4 Å². The number of benzene rings is 2. The van der Waals surface area contributed by atoms with Gasteiger partial charge in [0.1, 0.15) is 5.69 Å². The lowest BCUT2D eigenvalue weighted by atomic mass is 10.0. The van der Waals surface area contributed by atoms with E-state index in [4.69, 9.17) is 11.5 Å². The quantitative estimate of drug-likeness (QED) is 0.459. The van der Waals surface area contributed by atoms with Gasteiger partial charge >= 0.3 is 5.97 Å². The third-order valence-corrected chi connectivity index (χ3v) is 4.97. The smallest absolute Gasteiger partial charge is 0.307 e. The molecule has 2 aromatic carbocycles. The molecule has 0 saturated carbocycles. The first-order valence-electron chi connectivity index (χ1n) is 9.39. The number of amides is 1. The lowest BCUT2D eigenvalue weighted by molar-refractivity contribution is -0.136. The fourth-order valence-corrected chi connectivity index (χ4v) is 3.59. The van der Waals surface area contributed by atoms with Crippen molar-refractivity contribution >= 4 is 22.8 Å². The normalized spacial score (nSPS) is 11.0. The molecule has 30 heavy (non-hydrogen) atoms. The Balaban J connectivity index is 1.99. The number of pyridine rings is 1. The number of aromatic nitrogens is 2. The summed E-state index contributed by atoms with van der Waals surface area (Å²) in [5, 5.41) is 10.1. The molecule has 0 saturated heterocycles. The molecule has 5 N–H and O–H groups in total. The van der Waals surface area contributed by atoms with Gasteiger partial charge in [0, 0.05) is 29.4 Å². The molecule has 2 heterocycles. The molecule has 2 aromatic heterocycles. The molecule has 4 rings (SSSR count). The standard InChI is InChI=1S/C23H20N4O3/c24-13-14-4-3-6-16(10-14)22-17-8-9-27(20(17)12-18(26-22)23(25)30)19-7-2-1-5-15(19)11-21(28)29/h1-10,12H,11,13,24H2,(H2,25,30)(H,28,29). The molecular weight excluding hydrogens is 380 g/mol. The van der Waals surface area contributed by atoms with Crippen LogP contribution in [0.4, 0.5) is 0 Å². The van der Waals surface area contributed by atoms with E-state index in [1.165, 1.54) is 0 Å². The van der Waals surface area contributed by atoms with Crippen molar-refractivity contribution in [3.05, 3.63) is 83.7 Å². The lowest BCUT2D eigenvalue weighted by Gasteiger charge is -2.12. The average Bonchev–Trinajstić information content (AvgIpc) is 3.17. The van der Waals surface area contributed by atoms with E-state index in [1.54, 1.807) is 18.2 Å². The van der Waals surface area contributed by atoms with E-state index in [-0.39, 0.29) is 12.1 Å². The Kier molecular flexibility index (Phi) is 5.04. The summed E-state index contributed by atoms with van der Waals surface area (Å²) in [6.45, 7) is 0.385. The van der Waals surface area contributed by atoms with Crippen molar-refractivity contribution in [1.29, 1.82) is 0 Å². The Bertz CT molecular complexity index is 1280. The van der Waals surface area contributed by atoms with Crippen LogP contribution >= 0.6 is 0 Å². The molecule has 0 fully saturated rings. The number of carbonyl (C=O) groups is 2. The average molecular weight is 400 g/mol. The van der Waals surface area contributed by atoms with Crippen molar-refractivity contribution in [3.63, 3.8) is 0 Å². The summed E-state index contributed by atoms with van der Waals surface area (Å²) >= 11 is 0. The highest BCUT2D eigenvalue weighted by atomic mass is 16.4. The molecule has 0 aliphatic rings. The highest BCUT2D eigenvalue weighted by Gasteiger charge is 2.17. The van der Waals surface area contributed by atoms with Crippen LogP contribution in [0.2, 0.25) is 0 Å². The van der Waals surface area contributed by atoms with Gasteiger partial charge in [0.05, 0.1) is 17.6 Å². The molecule has 0 aliphatic carbocycles. The van der Waals surface area contributed by atoms with Gasteiger partial charge in [-0.25, -0.2) is 4.98 Å². The predicted molar refractivity (Wildman–Crippen MR) is 114 cm³/mol. The fraction of sp³-hybridized carbons (Fsp3) is 0.0870. The number of para-hydroxylation sites is 1. The minimum absolute atomic E-state index is 0.116. The van der Waals surface area contributed by atoms with Crippen LogP contribution in [0.1, 0.15) is 21.6 Å². The number of nitrogens with two attached hydrogens (primary N) is 2. The van der Waals surface area contributed by atoms with Gasteiger partial charge in [0.2, 0.25) is 0 Å². The molecule has 150 valence electrons. The molecule has 7 heteroatoms. The third-order valence-electron chi connectivity index (χ3n) is 4.97. The summed E-state index contributed by atoms with van der Waals surface area (Å²) < 4.78 is 1.86. The van der Waals surface area contributed by atoms with E-state index in [2.05, 4.69) is 4.98 Å². The van der Waals surface area contributed by atoms with E-state index in [1.807, 2.05) is 53.2 Å². The largest absolute Gasteiger partial charge is 0.481 e. The second-order valence-electron chi connectivity index (χ2n) is 6.94. The van der Waals surface area contributed by atoms with Gasteiger partial charge in [-0.2, -0.15) is 0 Å². The number of carbonyl (C=O) groups excluding carboxylic acids is 1. The van der Waals surface area contributed by atoms with E-state index in [0.717, 1.165) is 22.2 Å². The molecule has 0 radical (unpaired) electrons. The van der Waals surface area contributed by atoms with Crippen molar-refractivity contribution in [3.8, 4) is 16.9 Å². The zero-order valence-corrected chi connectivity index (χ0v) is 16.1. The zero-order chi connectivity index (χ0) is 21.3. The SMILES string of the molecule is NCc1cccc(-c2nc(C(N)=O)cc3c2ccn3-c2ccccc2CC(=O)O)c1. The summed E-state index contributed by atoms with van der Waals surface area (Å²) in [5.41, 5.74) is 15.9. The summed E-state index contributed by atoms with van der Waals surface area (Å²) in [6, 6.07) is 18.4. The maximum atomic E-state index is 12.0. The zero-order valence-electron chi connectivity index (χ0n) is 16.1. The number of fused-ring (bicyclic) bond motifs is 1. The topological polar surface area (TPSA) is 124 Å². The Morgan fingerprint density at radius 2 is 1.83 bits per heavy atom. The minimum atomic E-state index is -0.919. The second kappa shape index (κ2) is 7.81. The van der Waals surface area contributed by atoms with Gasteiger partial charge in [0.25, 0.3) is 5.91 Å². The molecule has 0 atom stereocenters. The van der Waals surface area contributed by atoms with Crippen molar-refractivity contribution in [2.75, 3.05) is 0 Å². The first-order chi connectivity index (χ1) is 14.5. The number of aliphatic carboxylic acids is 1. The Labute approximate surface area is 172 Å². The Morgan fingerprint density at radius 3 is 2.57 bits per heavy atom. The van der Waals surface area contributed by atoms with Crippen molar-refractivity contribution in [2.45, 2.75) is 13.0 Å². The first kappa shape index (κ1) is 19.4. The van der Waals surface area contributed by atoms with E-state index in [0.29, 0.717) is 23.3 Å². The maximum absolute atomic E-state index is 12.0. The lowest BCUT2D eigenvalue weighted by Crippen LogP contribution is -2.14. The first-order valence-corrected chi connectivity index (χ1v) is 9.39. The monoisotopic (exact) mass is 400 g/mol. The number of nitrogens with zero attached hydrogens (tertiary/aromatic N) is 2. The summed E-state index contributed by atoms with van der Waals surface area (Å²) in [4.78, 5) is 27.8. The molecule has 0 aliphatic heterocycles. The van der Waals surface area contributed by atoms with Gasteiger partial charge in [-0.3, -0.25) is 9.59 Å². The number of hydrogen-bond donors (Lipinski definition) is 3.